The van der Waals surface area contributed by atoms with Gasteiger partial charge in [0.05, 0.1) is 11.4 Å². The van der Waals surface area contributed by atoms with Crippen molar-refractivity contribution < 1.29 is 4.39 Å². The second-order valence-corrected chi connectivity index (χ2v) is 4.91. The third kappa shape index (κ3) is 2.77. The number of nitrogen functional groups attached to an aromatic ring is 1. The highest BCUT2D eigenvalue weighted by atomic mass is 32.1. The highest BCUT2D eigenvalue weighted by molar-refractivity contribution is 7.10. The van der Waals surface area contributed by atoms with Gasteiger partial charge in [-0.15, -0.1) is 11.3 Å². The van der Waals surface area contributed by atoms with Crippen molar-refractivity contribution in [3.8, 4) is 0 Å². The SMILES string of the molecule is Cc1ccsc1CCNc1cccc(F)c1N. The predicted octanol–water partition coefficient (Wildman–Crippen LogP) is 3.43. The Morgan fingerprint density at radius 1 is 1.35 bits per heavy atom. The van der Waals surface area contributed by atoms with Crippen LogP contribution in [0.25, 0.3) is 0 Å². The summed E-state index contributed by atoms with van der Waals surface area (Å²) in [6, 6.07) is 6.92. The summed E-state index contributed by atoms with van der Waals surface area (Å²) in [4.78, 5) is 1.35. The molecular weight excluding hydrogens is 235 g/mol. The Kier molecular flexibility index (Phi) is 3.64. The Bertz CT molecular complexity index is 508. The maximum Gasteiger partial charge on any atom is 0.148 e. The van der Waals surface area contributed by atoms with Crippen molar-refractivity contribution in [3.63, 3.8) is 0 Å². The summed E-state index contributed by atoms with van der Waals surface area (Å²) in [7, 11) is 0. The zero-order valence-corrected chi connectivity index (χ0v) is 10.5. The summed E-state index contributed by atoms with van der Waals surface area (Å²) in [6.07, 6.45) is 0.930. The topological polar surface area (TPSA) is 38.0 Å². The smallest absolute Gasteiger partial charge is 0.148 e. The van der Waals surface area contributed by atoms with E-state index in [1.165, 1.54) is 16.5 Å². The molecule has 0 radical (unpaired) electrons. The van der Waals surface area contributed by atoms with E-state index < -0.39 is 0 Å². The first-order chi connectivity index (χ1) is 8.18. The van der Waals surface area contributed by atoms with Crippen LogP contribution in [0.15, 0.2) is 29.6 Å². The van der Waals surface area contributed by atoms with Gasteiger partial charge >= 0.3 is 0 Å². The molecule has 1 aromatic heterocycles. The molecular formula is C13H15FN2S. The highest BCUT2D eigenvalue weighted by Gasteiger charge is 2.04. The van der Waals surface area contributed by atoms with Crippen LogP contribution in [-0.2, 0) is 6.42 Å². The Labute approximate surface area is 104 Å². The van der Waals surface area contributed by atoms with Gasteiger partial charge in [0.1, 0.15) is 5.82 Å². The van der Waals surface area contributed by atoms with Crippen LogP contribution in [-0.4, -0.2) is 6.54 Å². The molecule has 0 fully saturated rings. The van der Waals surface area contributed by atoms with Crippen LogP contribution < -0.4 is 11.1 Å². The maximum absolute atomic E-state index is 13.2. The largest absolute Gasteiger partial charge is 0.395 e. The molecule has 0 aliphatic carbocycles. The summed E-state index contributed by atoms with van der Waals surface area (Å²) in [5.41, 5.74) is 7.80. The average Bonchev–Trinajstić information content (AvgIpc) is 2.71. The number of hydrogen-bond acceptors (Lipinski definition) is 3. The van der Waals surface area contributed by atoms with Gasteiger partial charge in [0.2, 0.25) is 0 Å². The molecule has 0 bridgehead atoms. The summed E-state index contributed by atoms with van der Waals surface area (Å²) in [5, 5.41) is 5.25. The van der Waals surface area contributed by atoms with E-state index in [2.05, 4.69) is 23.7 Å². The lowest BCUT2D eigenvalue weighted by molar-refractivity contribution is 0.633. The molecule has 1 aromatic carbocycles. The Morgan fingerprint density at radius 2 is 2.18 bits per heavy atom. The lowest BCUT2D eigenvalue weighted by Gasteiger charge is -2.09. The lowest BCUT2D eigenvalue weighted by Crippen LogP contribution is -2.07. The number of thiophene rings is 1. The number of para-hydroxylation sites is 1. The number of halogens is 1. The Hall–Kier alpha value is -1.55. The molecule has 1 heterocycles. The van der Waals surface area contributed by atoms with E-state index in [0.717, 1.165) is 13.0 Å². The molecule has 90 valence electrons. The number of benzene rings is 1. The third-order valence-electron chi connectivity index (χ3n) is 2.69. The predicted molar refractivity (Wildman–Crippen MR) is 72.1 cm³/mol. The van der Waals surface area contributed by atoms with Crippen LogP contribution in [0, 0.1) is 12.7 Å². The first-order valence-electron chi connectivity index (χ1n) is 5.49. The molecule has 0 aliphatic rings. The molecule has 3 N–H and O–H groups in total. The number of nitrogens with one attached hydrogen (secondary N) is 1. The molecule has 0 unspecified atom stereocenters. The molecule has 0 aliphatic heterocycles. The zero-order chi connectivity index (χ0) is 12.3. The number of nitrogens with two attached hydrogens (primary N) is 1. The van der Waals surface area contributed by atoms with Gasteiger partial charge in [-0.3, -0.25) is 0 Å². The van der Waals surface area contributed by atoms with Gasteiger partial charge in [-0.25, -0.2) is 4.39 Å². The lowest BCUT2D eigenvalue weighted by atomic mass is 10.2. The van der Waals surface area contributed by atoms with Gasteiger partial charge < -0.3 is 11.1 Å². The van der Waals surface area contributed by atoms with Crippen molar-refractivity contribution in [1.29, 1.82) is 0 Å². The molecule has 0 spiro atoms. The standard InChI is InChI=1S/C13H15FN2S/c1-9-6-8-17-12(9)5-7-16-11-4-2-3-10(14)13(11)15/h2-4,6,8,16H,5,7,15H2,1H3. The first kappa shape index (κ1) is 11.9. The quantitative estimate of drug-likeness (QED) is 0.816. The molecule has 0 amide bonds. The van der Waals surface area contributed by atoms with Crippen LogP contribution in [0.5, 0.6) is 0 Å². The van der Waals surface area contributed by atoms with E-state index in [0.29, 0.717) is 5.69 Å². The fourth-order valence-electron chi connectivity index (χ4n) is 1.66. The molecule has 17 heavy (non-hydrogen) atoms. The number of hydrogen-bond donors (Lipinski definition) is 2. The van der Waals surface area contributed by atoms with Gasteiger partial charge in [0, 0.05) is 11.4 Å². The van der Waals surface area contributed by atoms with Gasteiger partial charge in [0.25, 0.3) is 0 Å². The summed E-state index contributed by atoms with van der Waals surface area (Å²) < 4.78 is 13.2. The maximum atomic E-state index is 13.2. The fraction of sp³-hybridized carbons (Fsp3) is 0.231. The van der Waals surface area contributed by atoms with Crippen molar-refractivity contribution in [1.82, 2.24) is 0 Å². The summed E-state index contributed by atoms with van der Waals surface area (Å²) in [6.45, 7) is 2.86. The van der Waals surface area contributed by atoms with Crippen LogP contribution >= 0.6 is 11.3 Å². The van der Waals surface area contributed by atoms with Gasteiger partial charge in [0.15, 0.2) is 0 Å². The van der Waals surface area contributed by atoms with Crippen molar-refractivity contribution in [3.05, 3.63) is 45.9 Å². The van der Waals surface area contributed by atoms with E-state index >= 15 is 0 Å². The van der Waals surface area contributed by atoms with E-state index in [-0.39, 0.29) is 11.5 Å². The summed E-state index contributed by atoms with van der Waals surface area (Å²) in [5.74, 6) is -0.373. The Balaban J connectivity index is 1.95. The van der Waals surface area contributed by atoms with E-state index in [1.54, 1.807) is 23.5 Å². The first-order valence-corrected chi connectivity index (χ1v) is 6.37. The second-order valence-electron chi connectivity index (χ2n) is 3.90. The van der Waals surface area contributed by atoms with E-state index in [1.807, 2.05) is 0 Å². The molecule has 2 nitrogen and oxygen atoms in total. The van der Waals surface area contributed by atoms with Gasteiger partial charge in [-0.05, 0) is 42.5 Å². The van der Waals surface area contributed by atoms with Gasteiger partial charge in [-0.2, -0.15) is 0 Å². The minimum absolute atomic E-state index is 0.190. The normalized spacial score (nSPS) is 10.5. The van der Waals surface area contributed by atoms with Crippen molar-refractivity contribution in [2.24, 2.45) is 0 Å². The van der Waals surface area contributed by atoms with Crippen LogP contribution in [0.4, 0.5) is 15.8 Å². The second kappa shape index (κ2) is 5.19. The van der Waals surface area contributed by atoms with Crippen molar-refractivity contribution in [2.75, 3.05) is 17.6 Å². The molecule has 0 saturated heterocycles. The fourth-order valence-corrected chi connectivity index (χ4v) is 2.57. The van der Waals surface area contributed by atoms with Crippen molar-refractivity contribution >= 4 is 22.7 Å². The monoisotopic (exact) mass is 250 g/mol. The Morgan fingerprint density at radius 3 is 2.88 bits per heavy atom. The van der Waals surface area contributed by atoms with E-state index in [9.17, 15) is 4.39 Å². The van der Waals surface area contributed by atoms with E-state index in [4.69, 9.17) is 5.73 Å². The minimum Gasteiger partial charge on any atom is -0.395 e. The van der Waals surface area contributed by atoms with Crippen LogP contribution in [0.1, 0.15) is 10.4 Å². The molecule has 2 rings (SSSR count). The van der Waals surface area contributed by atoms with Gasteiger partial charge in [-0.1, -0.05) is 6.07 Å². The third-order valence-corrected chi connectivity index (χ3v) is 3.77. The average molecular weight is 250 g/mol. The van der Waals surface area contributed by atoms with Crippen molar-refractivity contribution in [2.45, 2.75) is 13.3 Å². The minimum atomic E-state index is -0.373. The van der Waals surface area contributed by atoms with Crippen LogP contribution in [0.3, 0.4) is 0 Å². The molecule has 0 atom stereocenters. The number of aryl methyl sites for hydroxylation is 1. The molecule has 4 heteroatoms. The molecule has 0 saturated carbocycles. The number of rotatable bonds is 4. The zero-order valence-electron chi connectivity index (χ0n) is 9.66. The highest BCUT2D eigenvalue weighted by Crippen LogP contribution is 2.21. The van der Waals surface area contributed by atoms with Crippen LogP contribution in [0.2, 0.25) is 0 Å². The molecule has 2 aromatic rings. The summed E-state index contributed by atoms with van der Waals surface area (Å²) >= 11 is 1.75. The number of anilines is 2.